The van der Waals surface area contributed by atoms with E-state index in [9.17, 15) is 0 Å². The SMILES string of the molecule is CCCCc1cc(CCCC)cc(-c2nc(-c3cc(CCCC)cc(CCCC)c3)nc(-c3ccc(-n4c5ccc(-c6ccccc6)cc5c5cc(-c6ccccc6)ccc54)c(-c4cnccc4-n4c5ccccc5c5c6oc7ccccc7c6ccc54)c3)n2)c1. The van der Waals surface area contributed by atoms with Gasteiger partial charge in [-0.15, -0.1) is 0 Å². The topological polar surface area (TPSA) is 74.6 Å². The van der Waals surface area contributed by atoms with Gasteiger partial charge in [0.2, 0.25) is 0 Å². The van der Waals surface area contributed by atoms with Crippen molar-refractivity contribution in [2.45, 2.75) is 105 Å². The van der Waals surface area contributed by atoms with E-state index in [0.717, 1.165) is 182 Å². The third kappa shape index (κ3) is 10.9. The molecule has 0 aliphatic rings. The molecule has 0 aliphatic heterocycles. The number of fused-ring (bicyclic) bond motifs is 10. The summed E-state index contributed by atoms with van der Waals surface area (Å²) in [5.74, 6) is 1.99. The van der Waals surface area contributed by atoms with E-state index in [0.29, 0.717) is 17.5 Å². The summed E-state index contributed by atoms with van der Waals surface area (Å²) < 4.78 is 11.7. The van der Waals surface area contributed by atoms with Crippen LogP contribution in [0.2, 0.25) is 0 Å². The average Bonchev–Trinajstić information content (AvgIpc) is 1.58. The summed E-state index contributed by atoms with van der Waals surface area (Å²) >= 11 is 0. The maximum atomic E-state index is 6.86. The molecule has 7 heteroatoms. The van der Waals surface area contributed by atoms with Crippen molar-refractivity contribution in [1.29, 1.82) is 0 Å². The molecule has 5 heterocycles. The first-order chi connectivity index (χ1) is 44.9. The molecule has 0 N–H and O–H groups in total. The molecular weight excluding hydrogens is 1110 g/mol. The number of unbranched alkanes of at least 4 members (excludes halogenated alkanes) is 4. The van der Waals surface area contributed by atoms with Crippen LogP contribution in [0.4, 0.5) is 0 Å². The van der Waals surface area contributed by atoms with E-state index in [1.165, 1.54) is 44.2 Å². The minimum Gasteiger partial charge on any atom is -0.455 e. The van der Waals surface area contributed by atoms with E-state index in [1.807, 2.05) is 12.3 Å². The van der Waals surface area contributed by atoms with Crippen molar-refractivity contribution < 1.29 is 4.42 Å². The normalized spacial score (nSPS) is 11.8. The molecule has 0 aliphatic carbocycles. The second-order valence-corrected chi connectivity index (χ2v) is 24.7. The lowest BCUT2D eigenvalue weighted by molar-refractivity contribution is 0.673. The highest BCUT2D eigenvalue weighted by atomic mass is 16.3. The first-order valence-electron chi connectivity index (χ1n) is 33.1. The second-order valence-electron chi connectivity index (χ2n) is 24.7. The van der Waals surface area contributed by atoms with E-state index in [4.69, 9.17) is 24.4 Å². The molecule has 15 aromatic rings. The van der Waals surface area contributed by atoms with Crippen LogP contribution < -0.4 is 0 Å². The van der Waals surface area contributed by atoms with Crippen molar-refractivity contribution in [3.63, 3.8) is 0 Å². The Hall–Kier alpha value is -10.2. The van der Waals surface area contributed by atoms with Crippen LogP contribution in [0, 0.1) is 0 Å². The largest absolute Gasteiger partial charge is 0.455 e. The molecule has 0 radical (unpaired) electrons. The maximum absolute atomic E-state index is 6.86. The van der Waals surface area contributed by atoms with Crippen molar-refractivity contribution >= 4 is 65.6 Å². The highest BCUT2D eigenvalue weighted by molar-refractivity contribution is 6.24. The Labute approximate surface area is 532 Å². The third-order valence-corrected chi connectivity index (χ3v) is 18.5. The molecule has 10 aromatic carbocycles. The molecule has 0 fully saturated rings. The Morgan fingerprint density at radius 1 is 0.330 bits per heavy atom. The molecule has 0 bridgehead atoms. The van der Waals surface area contributed by atoms with Crippen LogP contribution in [-0.2, 0) is 25.7 Å². The minimum absolute atomic E-state index is 0.618. The maximum Gasteiger partial charge on any atom is 0.164 e. The number of nitrogens with zero attached hydrogens (tertiary/aromatic N) is 6. The first kappa shape index (κ1) is 57.2. The van der Waals surface area contributed by atoms with Crippen LogP contribution in [-0.4, -0.2) is 29.1 Å². The van der Waals surface area contributed by atoms with E-state index < -0.39 is 0 Å². The Bertz CT molecular complexity index is 4950. The van der Waals surface area contributed by atoms with Gasteiger partial charge in [0, 0.05) is 67.1 Å². The van der Waals surface area contributed by atoms with Crippen molar-refractivity contribution in [2.75, 3.05) is 0 Å². The van der Waals surface area contributed by atoms with Gasteiger partial charge in [0.25, 0.3) is 0 Å². The Morgan fingerprint density at radius 2 is 0.791 bits per heavy atom. The highest BCUT2D eigenvalue weighted by Gasteiger charge is 2.25. The van der Waals surface area contributed by atoms with Gasteiger partial charge in [-0.3, -0.25) is 4.98 Å². The predicted molar refractivity (Wildman–Crippen MR) is 381 cm³/mol. The van der Waals surface area contributed by atoms with Crippen molar-refractivity contribution in [3.05, 3.63) is 253 Å². The Kier molecular flexibility index (Phi) is 15.7. The molecule has 0 atom stereocenters. The predicted octanol–water partition coefficient (Wildman–Crippen LogP) is 22.7. The van der Waals surface area contributed by atoms with Gasteiger partial charge in [0.1, 0.15) is 11.2 Å². The average molecular weight is 1180 g/mol. The van der Waals surface area contributed by atoms with Gasteiger partial charge >= 0.3 is 0 Å². The fourth-order valence-electron chi connectivity index (χ4n) is 13.9. The lowest BCUT2D eigenvalue weighted by atomic mass is 9.97. The van der Waals surface area contributed by atoms with E-state index in [1.54, 1.807) is 0 Å². The monoisotopic (exact) mass is 1180 g/mol. The van der Waals surface area contributed by atoms with Crippen LogP contribution in [0.3, 0.4) is 0 Å². The number of aromatic nitrogens is 6. The number of benzene rings is 10. The molecule has 15 rings (SSSR count). The zero-order valence-electron chi connectivity index (χ0n) is 52.5. The Morgan fingerprint density at radius 3 is 1.35 bits per heavy atom. The number of rotatable bonds is 20. The van der Waals surface area contributed by atoms with Gasteiger partial charge < -0.3 is 13.6 Å². The van der Waals surface area contributed by atoms with Crippen LogP contribution in [0.15, 0.2) is 235 Å². The lowest BCUT2D eigenvalue weighted by Crippen LogP contribution is -2.04. The highest BCUT2D eigenvalue weighted by Crippen LogP contribution is 2.46. The zero-order chi connectivity index (χ0) is 61.4. The molecule has 0 spiro atoms. The minimum atomic E-state index is 0.618. The number of furan rings is 1. The number of aryl methyl sites for hydroxylation is 4. The summed E-state index contributed by atoms with van der Waals surface area (Å²) in [5.41, 5.74) is 22.9. The molecule has 0 unspecified atom stereocenters. The number of hydrogen-bond donors (Lipinski definition) is 0. The van der Waals surface area contributed by atoms with E-state index in [-0.39, 0.29) is 0 Å². The summed E-state index contributed by atoms with van der Waals surface area (Å²) in [6, 6.07) is 80.2. The van der Waals surface area contributed by atoms with Gasteiger partial charge in [0.05, 0.1) is 38.8 Å². The quantitative estimate of drug-likeness (QED) is 0.0760. The van der Waals surface area contributed by atoms with Crippen LogP contribution >= 0.6 is 0 Å². The number of pyridine rings is 1. The zero-order valence-corrected chi connectivity index (χ0v) is 52.5. The summed E-state index contributed by atoms with van der Waals surface area (Å²) in [7, 11) is 0. The Balaban J connectivity index is 1.02. The molecule has 91 heavy (non-hydrogen) atoms. The van der Waals surface area contributed by atoms with Crippen molar-refractivity contribution in [2.24, 2.45) is 0 Å². The van der Waals surface area contributed by atoms with Crippen molar-refractivity contribution in [3.8, 4) is 78.9 Å². The number of para-hydroxylation sites is 2. The first-order valence-corrected chi connectivity index (χ1v) is 33.1. The summed E-state index contributed by atoms with van der Waals surface area (Å²) in [4.78, 5) is 21.9. The van der Waals surface area contributed by atoms with E-state index in [2.05, 4.69) is 255 Å². The summed E-state index contributed by atoms with van der Waals surface area (Å²) in [6.45, 7) is 9.10. The molecule has 0 saturated carbocycles. The third-order valence-electron chi connectivity index (χ3n) is 18.5. The number of hydrogen-bond acceptors (Lipinski definition) is 5. The molecule has 0 amide bonds. The molecule has 7 nitrogen and oxygen atoms in total. The van der Waals surface area contributed by atoms with Gasteiger partial charge in [-0.1, -0.05) is 175 Å². The van der Waals surface area contributed by atoms with Crippen LogP contribution in [0.5, 0.6) is 0 Å². The summed E-state index contributed by atoms with van der Waals surface area (Å²) in [6.07, 6.45) is 17.0. The van der Waals surface area contributed by atoms with E-state index >= 15 is 0 Å². The molecule has 446 valence electrons. The van der Waals surface area contributed by atoms with Crippen LogP contribution in [0.1, 0.15) is 101 Å². The van der Waals surface area contributed by atoms with Gasteiger partial charge in [0.15, 0.2) is 17.5 Å². The standard InChI is InChI=1S/C84H74N6O/c1-5-9-23-55-45-56(24-10-6-2)48-64(47-55)83-86-82(87-84(88-83)65-49-57(25-11-7-3)46-58(50-65)26-12-8-4)63-37-41-76(89-74-39-35-61(59-27-15-13-16-28-59)51-69(74)70-52-62(36-40-75(70)89)60-29-17-14-18-30-60)71(53-63)72-54-85-44-43-77(72)90-73-33-21-19-32-68(73)80-78(90)42-38-67-66-31-20-22-34-79(66)91-81(67)80/h13-22,27-54H,5-12,23-26H2,1-4H3. The molecule has 5 aromatic heterocycles. The molecule has 0 saturated heterocycles. The fraction of sp³-hybridized carbons (Fsp3) is 0.190. The summed E-state index contributed by atoms with van der Waals surface area (Å²) in [5, 5.41) is 6.72. The van der Waals surface area contributed by atoms with Crippen LogP contribution in [0.25, 0.3) is 144 Å². The van der Waals surface area contributed by atoms with Crippen molar-refractivity contribution in [1.82, 2.24) is 29.1 Å². The smallest absolute Gasteiger partial charge is 0.164 e. The van der Waals surface area contributed by atoms with Gasteiger partial charge in [-0.25, -0.2) is 15.0 Å². The second kappa shape index (κ2) is 25.0. The van der Waals surface area contributed by atoms with Gasteiger partial charge in [-0.2, -0.15) is 0 Å². The molecular formula is C84H74N6O. The fourth-order valence-corrected chi connectivity index (χ4v) is 13.9. The van der Waals surface area contributed by atoms with Gasteiger partial charge in [-0.05, 0) is 193 Å². The lowest BCUT2D eigenvalue weighted by Gasteiger charge is -2.19.